The average Bonchev–Trinajstić information content (AvgIpc) is 2.79. The zero-order chi connectivity index (χ0) is 22.1. The quantitative estimate of drug-likeness (QED) is 0.568. The molecule has 5 heteroatoms. The van der Waals surface area contributed by atoms with Gasteiger partial charge in [-0.05, 0) is 35.7 Å². The molecule has 4 nitrogen and oxygen atoms in total. The molecule has 0 heterocycles. The van der Waals surface area contributed by atoms with E-state index in [1.54, 1.807) is 17.0 Å². The largest absolute Gasteiger partial charge is 0.355 e. The number of amides is 2. The average molecular weight is 419 g/mol. The maximum absolute atomic E-state index is 13.4. The zero-order valence-corrected chi connectivity index (χ0v) is 17.6. The molecule has 1 atom stereocenters. The SMILES string of the molecule is CCNC(=O)[C@@H](Cc1ccccc1)N(Cc1ccc(F)cc1)C(=O)Cc1ccccc1. The van der Waals surface area contributed by atoms with E-state index in [2.05, 4.69) is 5.32 Å². The third-order valence-electron chi connectivity index (χ3n) is 5.09. The van der Waals surface area contributed by atoms with Crippen LogP contribution in [0, 0.1) is 5.82 Å². The van der Waals surface area contributed by atoms with Gasteiger partial charge in [-0.1, -0.05) is 72.8 Å². The molecule has 1 N–H and O–H groups in total. The molecular weight excluding hydrogens is 391 g/mol. The van der Waals surface area contributed by atoms with Crippen LogP contribution in [0.25, 0.3) is 0 Å². The second-order valence-corrected chi connectivity index (χ2v) is 7.41. The number of benzene rings is 3. The van der Waals surface area contributed by atoms with Crippen LogP contribution in [0.5, 0.6) is 0 Å². The normalized spacial score (nSPS) is 11.5. The van der Waals surface area contributed by atoms with Crippen molar-refractivity contribution in [3.8, 4) is 0 Å². The highest BCUT2D eigenvalue weighted by molar-refractivity contribution is 5.88. The Hall–Kier alpha value is -3.47. The summed E-state index contributed by atoms with van der Waals surface area (Å²) in [5.41, 5.74) is 2.62. The highest BCUT2D eigenvalue weighted by Crippen LogP contribution is 2.17. The van der Waals surface area contributed by atoms with Crippen molar-refractivity contribution in [2.75, 3.05) is 6.54 Å². The van der Waals surface area contributed by atoms with Crippen molar-refractivity contribution in [1.29, 1.82) is 0 Å². The lowest BCUT2D eigenvalue weighted by Gasteiger charge is -2.31. The van der Waals surface area contributed by atoms with Crippen LogP contribution in [-0.4, -0.2) is 29.3 Å². The molecule has 0 aliphatic heterocycles. The Morgan fingerprint density at radius 3 is 2.00 bits per heavy atom. The summed E-state index contributed by atoms with van der Waals surface area (Å²) in [6.07, 6.45) is 0.584. The minimum Gasteiger partial charge on any atom is -0.355 e. The van der Waals surface area contributed by atoms with Gasteiger partial charge >= 0.3 is 0 Å². The number of nitrogens with zero attached hydrogens (tertiary/aromatic N) is 1. The highest BCUT2D eigenvalue weighted by atomic mass is 19.1. The van der Waals surface area contributed by atoms with Gasteiger partial charge in [0.2, 0.25) is 11.8 Å². The van der Waals surface area contributed by atoms with Crippen LogP contribution in [-0.2, 0) is 29.0 Å². The van der Waals surface area contributed by atoms with Gasteiger partial charge in [0, 0.05) is 19.5 Å². The van der Waals surface area contributed by atoms with Crippen molar-refractivity contribution in [3.63, 3.8) is 0 Å². The summed E-state index contributed by atoms with van der Waals surface area (Å²) in [5.74, 6) is -0.687. The molecule has 0 aliphatic rings. The molecule has 0 unspecified atom stereocenters. The Balaban J connectivity index is 1.93. The van der Waals surface area contributed by atoms with Gasteiger partial charge in [-0.15, -0.1) is 0 Å². The maximum Gasteiger partial charge on any atom is 0.243 e. The molecule has 0 fully saturated rings. The van der Waals surface area contributed by atoms with Crippen molar-refractivity contribution in [2.45, 2.75) is 32.4 Å². The van der Waals surface area contributed by atoms with Crippen LogP contribution in [0.2, 0.25) is 0 Å². The van der Waals surface area contributed by atoms with Gasteiger partial charge in [0.05, 0.1) is 6.42 Å². The third kappa shape index (κ3) is 6.51. The third-order valence-corrected chi connectivity index (χ3v) is 5.09. The number of likely N-dealkylation sites (N-methyl/N-ethyl adjacent to an activating group) is 1. The van der Waals surface area contributed by atoms with E-state index >= 15 is 0 Å². The molecule has 0 bridgehead atoms. The Morgan fingerprint density at radius 1 is 0.839 bits per heavy atom. The predicted octanol–water partition coefficient (Wildman–Crippen LogP) is 4.14. The van der Waals surface area contributed by atoms with Crippen molar-refractivity contribution >= 4 is 11.8 Å². The van der Waals surface area contributed by atoms with E-state index in [0.717, 1.165) is 16.7 Å². The molecule has 3 aromatic rings. The van der Waals surface area contributed by atoms with E-state index in [4.69, 9.17) is 0 Å². The fourth-order valence-corrected chi connectivity index (χ4v) is 3.50. The summed E-state index contributed by atoms with van der Waals surface area (Å²) in [6.45, 7) is 2.55. The number of nitrogens with one attached hydrogen (secondary N) is 1. The van der Waals surface area contributed by atoms with Gasteiger partial charge < -0.3 is 10.2 Å². The molecular formula is C26H27FN2O2. The fourth-order valence-electron chi connectivity index (χ4n) is 3.50. The molecule has 2 amide bonds. The van der Waals surface area contributed by atoms with Crippen LogP contribution in [0.4, 0.5) is 4.39 Å². The van der Waals surface area contributed by atoms with E-state index in [1.165, 1.54) is 12.1 Å². The molecule has 0 aliphatic carbocycles. The minimum atomic E-state index is -0.677. The standard InChI is InChI=1S/C26H27FN2O2/c1-2-28-26(31)24(17-20-9-5-3-6-10-20)29(19-22-13-15-23(27)16-14-22)25(30)18-21-11-7-4-8-12-21/h3-16,24H,2,17-19H2,1H3,(H,28,31)/t24-/m1/s1. The lowest BCUT2D eigenvalue weighted by atomic mass is 10.0. The molecule has 160 valence electrons. The number of rotatable bonds is 9. The predicted molar refractivity (Wildman–Crippen MR) is 120 cm³/mol. The number of carbonyl (C=O) groups excluding carboxylic acids is 2. The van der Waals surface area contributed by atoms with Crippen molar-refractivity contribution < 1.29 is 14.0 Å². The Morgan fingerprint density at radius 2 is 1.42 bits per heavy atom. The topological polar surface area (TPSA) is 49.4 Å². The first-order valence-electron chi connectivity index (χ1n) is 10.5. The van der Waals surface area contributed by atoms with Crippen LogP contribution >= 0.6 is 0 Å². The van der Waals surface area contributed by atoms with Crippen LogP contribution in [0.15, 0.2) is 84.9 Å². The number of halogens is 1. The fraction of sp³-hybridized carbons (Fsp3) is 0.231. The Bertz CT molecular complexity index is 975. The van der Waals surface area contributed by atoms with E-state index in [-0.39, 0.29) is 30.6 Å². The second kappa shape index (κ2) is 11.1. The van der Waals surface area contributed by atoms with Gasteiger partial charge in [0.1, 0.15) is 11.9 Å². The smallest absolute Gasteiger partial charge is 0.243 e. The molecule has 0 aromatic heterocycles. The first-order valence-corrected chi connectivity index (χ1v) is 10.5. The van der Waals surface area contributed by atoms with Crippen LogP contribution < -0.4 is 5.32 Å². The number of hydrogen-bond donors (Lipinski definition) is 1. The first-order chi connectivity index (χ1) is 15.1. The minimum absolute atomic E-state index is 0.150. The van der Waals surface area contributed by atoms with E-state index in [9.17, 15) is 14.0 Å². The second-order valence-electron chi connectivity index (χ2n) is 7.41. The Kier molecular flexibility index (Phi) is 7.93. The van der Waals surface area contributed by atoms with Crippen LogP contribution in [0.1, 0.15) is 23.6 Å². The van der Waals surface area contributed by atoms with Gasteiger partial charge in [0.15, 0.2) is 0 Å². The van der Waals surface area contributed by atoms with Gasteiger partial charge in [0.25, 0.3) is 0 Å². The molecule has 3 rings (SSSR count). The van der Waals surface area contributed by atoms with Gasteiger partial charge in [-0.3, -0.25) is 9.59 Å². The van der Waals surface area contributed by atoms with Gasteiger partial charge in [-0.2, -0.15) is 0 Å². The molecule has 0 saturated heterocycles. The molecule has 3 aromatic carbocycles. The molecule has 31 heavy (non-hydrogen) atoms. The number of hydrogen-bond acceptors (Lipinski definition) is 2. The van der Waals surface area contributed by atoms with E-state index in [0.29, 0.717) is 13.0 Å². The van der Waals surface area contributed by atoms with Crippen molar-refractivity contribution in [3.05, 3.63) is 107 Å². The Labute approximate surface area is 182 Å². The van der Waals surface area contributed by atoms with E-state index in [1.807, 2.05) is 67.6 Å². The zero-order valence-electron chi connectivity index (χ0n) is 17.6. The van der Waals surface area contributed by atoms with E-state index < -0.39 is 6.04 Å². The van der Waals surface area contributed by atoms with Crippen molar-refractivity contribution in [1.82, 2.24) is 10.2 Å². The highest BCUT2D eigenvalue weighted by Gasteiger charge is 2.30. The summed E-state index contributed by atoms with van der Waals surface area (Å²) < 4.78 is 13.4. The molecule has 0 radical (unpaired) electrons. The maximum atomic E-state index is 13.4. The van der Waals surface area contributed by atoms with Crippen molar-refractivity contribution in [2.24, 2.45) is 0 Å². The first kappa shape index (κ1) is 22.2. The lowest BCUT2D eigenvalue weighted by molar-refractivity contribution is -0.140. The monoisotopic (exact) mass is 418 g/mol. The summed E-state index contributed by atoms with van der Waals surface area (Å²) in [5, 5.41) is 2.87. The molecule has 0 spiro atoms. The summed E-state index contributed by atoms with van der Waals surface area (Å²) in [4.78, 5) is 28.0. The lowest BCUT2D eigenvalue weighted by Crippen LogP contribution is -2.50. The van der Waals surface area contributed by atoms with Gasteiger partial charge in [-0.25, -0.2) is 4.39 Å². The summed E-state index contributed by atoms with van der Waals surface area (Å²) >= 11 is 0. The summed E-state index contributed by atoms with van der Waals surface area (Å²) in [6, 6.07) is 24.5. The number of carbonyl (C=O) groups is 2. The summed E-state index contributed by atoms with van der Waals surface area (Å²) in [7, 11) is 0. The molecule has 0 saturated carbocycles. The van der Waals surface area contributed by atoms with Crippen LogP contribution in [0.3, 0.4) is 0 Å².